The fourth-order valence-electron chi connectivity index (χ4n) is 3.60. The molecule has 1 unspecified atom stereocenters. The molecule has 172 valence electrons. The van der Waals surface area contributed by atoms with Crippen molar-refractivity contribution in [2.75, 3.05) is 41.0 Å². The molecule has 0 fully saturated rings. The summed E-state index contributed by atoms with van der Waals surface area (Å²) in [5.74, 6) is 1.39. The molecular weight excluding hydrogens is 424 g/mol. The van der Waals surface area contributed by atoms with Gasteiger partial charge in [0.1, 0.15) is 33.5 Å². The number of methoxy groups -OCH3 is 3. The number of fused-ring (bicyclic) bond motifs is 1. The molecule has 0 saturated heterocycles. The Kier molecular flexibility index (Phi) is 9.05. The predicted octanol–water partition coefficient (Wildman–Crippen LogP) is 1.63. The smallest absolute Gasteiger partial charge is 0.342 e. The van der Waals surface area contributed by atoms with Crippen LogP contribution in [0.2, 0.25) is 0 Å². The van der Waals surface area contributed by atoms with E-state index in [0.29, 0.717) is 17.2 Å². The average molecular weight is 455 g/mol. The molecule has 0 amide bonds. The second-order valence-electron chi connectivity index (χ2n) is 7.04. The minimum Gasteiger partial charge on any atom is -0.493 e. The summed E-state index contributed by atoms with van der Waals surface area (Å²) in [5.41, 5.74) is 2.72. The van der Waals surface area contributed by atoms with Gasteiger partial charge in [-0.25, -0.2) is 13.7 Å². The molecule has 0 bridgehead atoms. The summed E-state index contributed by atoms with van der Waals surface area (Å²) >= 11 is 0. The molecule has 9 nitrogen and oxygen atoms in total. The van der Waals surface area contributed by atoms with Crippen molar-refractivity contribution in [3.63, 3.8) is 0 Å². The van der Waals surface area contributed by atoms with E-state index in [4.69, 9.17) is 18.6 Å². The number of aryl methyl sites for hydroxylation is 1. The number of ether oxygens (including phenoxy) is 3. The second kappa shape index (κ2) is 11.3. The third kappa shape index (κ3) is 5.65. The molecule has 1 aliphatic heterocycles. The van der Waals surface area contributed by atoms with Crippen LogP contribution >= 0.6 is 0 Å². The first-order valence-corrected chi connectivity index (χ1v) is 10.9. The van der Waals surface area contributed by atoms with Crippen molar-refractivity contribution in [3.05, 3.63) is 40.8 Å². The standard InChI is InChI=1S/C21H28N2O6S.H2O/c1-14-20(17(13-29-14)21(24)28-4)30(25)22-7-5-8-23-9-6-15-10-18(26-2)19(27-3)11-16(15)12-23;/h10-11,13,22H,5-9,12H2,1-4H3;1H2. The molecule has 2 aromatic rings. The van der Waals surface area contributed by atoms with Crippen LogP contribution < -0.4 is 14.2 Å². The van der Waals surface area contributed by atoms with Gasteiger partial charge in [-0.15, -0.1) is 0 Å². The van der Waals surface area contributed by atoms with Crippen molar-refractivity contribution in [3.8, 4) is 11.5 Å². The first kappa shape index (κ1) is 24.9. The number of nitrogens with zero attached hydrogens (tertiary/aromatic N) is 1. The highest BCUT2D eigenvalue weighted by Crippen LogP contribution is 2.33. The van der Waals surface area contributed by atoms with Crippen molar-refractivity contribution >= 4 is 17.0 Å². The maximum Gasteiger partial charge on any atom is 0.342 e. The molecule has 1 aromatic carbocycles. The Morgan fingerprint density at radius 2 is 1.87 bits per heavy atom. The summed E-state index contributed by atoms with van der Waals surface area (Å²) in [6.07, 6.45) is 3.05. The van der Waals surface area contributed by atoms with E-state index in [9.17, 15) is 9.00 Å². The summed E-state index contributed by atoms with van der Waals surface area (Å²) < 4.78 is 36.4. The molecule has 1 aliphatic rings. The number of rotatable bonds is 9. The first-order chi connectivity index (χ1) is 14.5. The van der Waals surface area contributed by atoms with E-state index in [1.165, 1.54) is 24.5 Å². The number of hydrogen-bond acceptors (Lipinski definition) is 7. The lowest BCUT2D eigenvalue weighted by Gasteiger charge is -2.29. The van der Waals surface area contributed by atoms with Gasteiger partial charge in [-0.1, -0.05) is 0 Å². The summed E-state index contributed by atoms with van der Waals surface area (Å²) in [5, 5.41) is 0. The Hall–Kier alpha value is -2.40. The van der Waals surface area contributed by atoms with Crippen molar-refractivity contribution < 1.29 is 33.1 Å². The van der Waals surface area contributed by atoms with Gasteiger partial charge in [0.25, 0.3) is 0 Å². The lowest BCUT2D eigenvalue weighted by atomic mass is 9.98. The highest BCUT2D eigenvalue weighted by atomic mass is 32.2. The van der Waals surface area contributed by atoms with Gasteiger partial charge in [0.2, 0.25) is 0 Å². The Labute approximate surface area is 184 Å². The minimum absolute atomic E-state index is 0. The quantitative estimate of drug-likeness (QED) is 0.451. The summed E-state index contributed by atoms with van der Waals surface area (Å²) in [6, 6.07) is 4.10. The summed E-state index contributed by atoms with van der Waals surface area (Å²) in [4.78, 5) is 14.5. The first-order valence-electron chi connectivity index (χ1n) is 9.76. The fraction of sp³-hybridized carbons (Fsp3) is 0.476. The van der Waals surface area contributed by atoms with Gasteiger partial charge >= 0.3 is 5.97 Å². The van der Waals surface area contributed by atoms with E-state index in [0.717, 1.165) is 44.0 Å². The van der Waals surface area contributed by atoms with E-state index in [1.807, 2.05) is 6.07 Å². The van der Waals surface area contributed by atoms with Crippen LogP contribution in [0.4, 0.5) is 0 Å². The number of carbonyl (C=O) groups excluding carboxylic acids is 1. The molecule has 0 spiro atoms. The molecule has 1 atom stereocenters. The number of esters is 1. The molecule has 0 aliphatic carbocycles. The van der Waals surface area contributed by atoms with Crippen LogP contribution in [-0.4, -0.2) is 61.5 Å². The van der Waals surface area contributed by atoms with Crippen LogP contribution in [0.25, 0.3) is 0 Å². The SMILES string of the molecule is COC(=O)c1coc(C)c1S(=O)NCCCN1CCc2cc(OC)c(OC)cc2C1.O. The molecule has 2 heterocycles. The number of benzene rings is 1. The number of hydrogen-bond donors (Lipinski definition) is 1. The van der Waals surface area contributed by atoms with Crippen LogP contribution in [-0.2, 0) is 28.7 Å². The molecule has 31 heavy (non-hydrogen) atoms. The highest BCUT2D eigenvalue weighted by molar-refractivity contribution is 7.83. The van der Waals surface area contributed by atoms with Crippen LogP contribution in [0.5, 0.6) is 11.5 Å². The number of carbonyl (C=O) groups is 1. The number of nitrogens with one attached hydrogen (secondary N) is 1. The molecule has 0 saturated carbocycles. The second-order valence-corrected chi connectivity index (χ2v) is 8.28. The molecule has 0 radical (unpaired) electrons. The van der Waals surface area contributed by atoms with Crippen molar-refractivity contribution in [1.82, 2.24) is 9.62 Å². The zero-order chi connectivity index (χ0) is 21.7. The van der Waals surface area contributed by atoms with E-state index in [2.05, 4.69) is 15.7 Å². The zero-order valence-corrected chi connectivity index (χ0v) is 19.1. The van der Waals surface area contributed by atoms with Gasteiger partial charge in [0.15, 0.2) is 11.5 Å². The van der Waals surface area contributed by atoms with Crippen molar-refractivity contribution in [1.29, 1.82) is 0 Å². The third-order valence-electron chi connectivity index (χ3n) is 5.19. The molecule has 3 rings (SSSR count). The minimum atomic E-state index is -1.54. The fourth-order valence-corrected chi connectivity index (χ4v) is 4.71. The maximum atomic E-state index is 12.6. The Morgan fingerprint density at radius 3 is 2.52 bits per heavy atom. The monoisotopic (exact) mass is 454 g/mol. The normalized spacial score (nSPS) is 14.3. The third-order valence-corrected chi connectivity index (χ3v) is 6.53. The van der Waals surface area contributed by atoms with Gasteiger partial charge in [-0.05, 0) is 49.6 Å². The van der Waals surface area contributed by atoms with Gasteiger partial charge in [-0.3, -0.25) is 4.90 Å². The van der Waals surface area contributed by atoms with Gasteiger partial charge in [0, 0.05) is 19.6 Å². The average Bonchev–Trinajstić information content (AvgIpc) is 3.16. The lowest BCUT2D eigenvalue weighted by Crippen LogP contribution is -2.33. The van der Waals surface area contributed by atoms with Crippen LogP contribution in [0.1, 0.15) is 33.7 Å². The van der Waals surface area contributed by atoms with Crippen LogP contribution in [0.15, 0.2) is 27.7 Å². The topological polar surface area (TPSA) is 122 Å². The molecule has 1 aromatic heterocycles. The lowest BCUT2D eigenvalue weighted by molar-refractivity contribution is 0.0596. The van der Waals surface area contributed by atoms with E-state index in [-0.39, 0.29) is 11.0 Å². The summed E-state index contributed by atoms with van der Waals surface area (Å²) in [6.45, 7) is 4.89. The number of furan rings is 1. The maximum absolute atomic E-state index is 12.6. The Morgan fingerprint density at radius 1 is 1.19 bits per heavy atom. The zero-order valence-electron chi connectivity index (χ0n) is 18.3. The van der Waals surface area contributed by atoms with E-state index >= 15 is 0 Å². The van der Waals surface area contributed by atoms with E-state index < -0.39 is 17.0 Å². The van der Waals surface area contributed by atoms with Crippen LogP contribution in [0.3, 0.4) is 0 Å². The molecule has 10 heteroatoms. The van der Waals surface area contributed by atoms with Gasteiger partial charge < -0.3 is 24.1 Å². The molecule has 3 N–H and O–H groups in total. The van der Waals surface area contributed by atoms with Crippen molar-refractivity contribution in [2.24, 2.45) is 0 Å². The van der Waals surface area contributed by atoms with Gasteiger partial charge in [-0.2, -0.15) is 0 Å². The largest absolute Gasteiger partial charge is 0.493 e. The van der Waals surface area contributed by atoms with Crippen LogP contribution in [0, 0.1) is 6.92 Å². The highest BCUT2D eigenvalue weighted by Gasteiger charge is 2.23. The predicted molar refractivity (Wildman–Crippen MR) is 116 cm³/mol. The molecular formula is C21H30N2O7S. The Balaban J connectivity index is 0.00000341. The summed E-state index contributed by atoms with van der Waals surface area (Å²) in [7, 11) is 3.03. The Bertz CT molecular complexity index is 929. The van der Waals surface area contributed by atoms with Crippen molar-refractivity contribution in [2.45, 2.75) is 31.2 Å². The van der Waals surface area contributed by atoms with Gasteiger partial charge in [0.05, 0.1) is 21.3 Å². The van der Waals surface area contributed by atoms with E-state index in [1.54, 1.807) is 21.1 Å².